The number of nitriles is 1. The summed E-state index contributed by atoms with van der Waals surface area (Å²) in [6.45, 7) is 0. The number of nitrogens with zero attached hydrogens (tertiary/aromatic N) is 1. The molecule has 2 aromatic carbocycles. The quantitative estimate of drug-likeness (QED) is 0.798. The average molecular weight is 224 g/mol. The van der Waals surface area contributed by atoms with Crippen LogP contribution in [0.4, 0.5) is 5.69 Å². The van der Waals surface area contributed by atoms with Gasteiger partial charge in [0.15, 0.2) is 0 Å². The Bertz CT molecular complexity index is 571. The van der Waals surface area contributed by atoms with Crippen molar-refractivity contribution < 1.29 is 4.74 Å². The molecular weight excluding hydrogens is 212 g/mol. The van der Waals surface area contributed by atoms with Gasteiger partial charge < -0.3 is 10.5 Å². The van der Waals surface area contributed by atoms with Crippen molar-refractivity contribution in [3.63, 3.8) is 0 Å². The lowest BCUT2D eigenvalue weighted by Crippen LogP contribution is -1.95. The highest BCUT2D eigenvalue weighted by Crippen LogP contribution is 2.31. The van der Waals surface area contributed by atoms with Crippen LogP contribution in [0.25, 0.3) is 11.1 Å². The maximum absolute atomic E-state index is 9.15. The van der Waals surface area contributed by atoms with E-state index >= 15 is 0 Å². The minimum Gasteiger partial charge on any atom is -0.497 e. The van der Waals surface area contributed by atoms with Gasteiger partial charge in [0.1, 0.15) is 11.8 Å². The molecule has 0 heterocycles. The first-order valence-corrected chi connectivity index (χ1v) is 5.19. The van der Waals surface area contributed by atoms with E-state index in [2.05, 4.69) is 6.07 Å². The fourth-order valence-corrected chi connectivity index (χ4v) is 1.73. The van der Waals surface area contributed by atoms with E-state index in [1.54, 1.807) is 13.2 Å². The molecule has 0 unspecified atom stereocenters. The van der Waals surface area contributed by atoms with E-state index in [9.17, 15) is 0 Å². The van der Waals surface area contributed by atoms with E-state index in [4.69, 9.17) is 15.7 Å². The van der Waals surface area contributed by atoms with Crippen LogP contribution in [0.5, 0.6) is 5.75 Å². The number of hydrogen-bond donors (Lipinski definition) is 1. The number of nitrogens with two attached hydrogens (primary N) is 1. The van der Waals surface area contributed by atoms with Gasteiger partial charge in [-0.15, -0.1) is 0 Å². The molecule has 2 N–H and O–H groups in total. The summed E-state index contributed by atoms with van der Waals surface area (Å²) in [4.78, 5) is 0. The van der Waals surface area contributed by atoms with Gasteiger partial charge in [0.25, 0.3) is 0 Å². The van der Waals surface area contributed by atoms with Crippen molar-refractivity contribution in [2.45, 2.75) is 0 Å². The molecule has 2 aromatic rings. The molecule has 0 aliphatic carbocycles. The lowest BCUT2D eigenvalue weighted by Gasteiger charge is -2.09. The Labute approximate surface area is 100 Å². The first kappa shape index (κ1) is 11.0. The monoisotopic (exact) mass is 224 g/mol. The van der Waals surface area contributed by atoms with Gasteiger partial charge in [0, 0.05) is 11.6 Å². The molecule has 0 radical (unpaired) electrons. The van der Waals surface area contributed by atoms with E-state index in [1.165, 1.54) is 0 Å². The second kappa shape index (κ2) is 4.58. The summed E-state index contributed by atoms with van der Waals surface area (Å²) in [5.74, 6) is 0.653. The fraction of sp³-hybridized carbons (Fsp3) is 0.0714. The van der Waals surface area contributed by atoms with Crippen LogP contribution in [0.2, 0.25) is 0 Å². The van der Waals surface area contributed by atoms with Gasteiger partial charge in [-0.2, -0.15) is 5.26 Å². The van der Waals surface area contributed by atoms with Crippen LogP contribution in [-0.2, 0) is 0 Å². The molecule has 0 saturated heterocycles. The van der Waals surface area contributed by atoms with Crippen molar-refractivity contribution in [3.8, 4) is 22.9 Å². The van der Waals surface area contributed by atoms with Gasteiger partial charge in [-0.25, -0.2) is 0 Å². The third-order valence-corrected chi connectivity index (χ3v) is 2.57. The second-order valence-corrected chi connectivity index (χ2v) is 3.62. The normalized spacial score (nSPS) is 9.65. The summed E-state index contributed by atoms with van der Waals surface area (Å²) in [5.41, 5.74) is 8.51. The van der Waals surface area contributed by atoms with E-state index in [0.717, 1.165) is 11.1 Å². The number of benzene rings is 2. The molecule has 0 aromatic heterocycles. The predicted octanol–water partition coefficient (Wildman–Crippen LogP) is 2.82. The van der Waals surface area contributed by atoms with Crippen LogP contribution in [-0.4, -0.2) is 7.11 Å². The van der Waals surface area contributed by atoms with Crippen LogP contribution < -0.4 is 10.5 Å². The molecular formula is C14H12N2O. The third-order valence-electron chi connectivity index (χ3n) is 2.57. The molecule has 0 bridgehead atoms. The number of hydrogen-bond acceptors (Lipinski definition) is 3. The van der Waals surface area contributed by atoms with Crippen LogP contribution in [0.15, 0.2) is 42.5 Å². The highest BCUT2D eigenvalue weighted by molar-refractivity contribution is 5.78. The minimum absolute atomic E-state index is 0.436. The molecule has 17 heavy (non-hydrogen) atoms. The topological polar surface area (TPSA) is 59.0 Å². The molecule has 0 fully saturated rings. The molecule has 84 valence electrons. The van der Waals surface area contributed by atoms with Crippen molar-refractivity contribution in [2.75, 3.05) is 12.8 Å². The molecule has 0 saturated carbocycles. The Morgan fingerprint density at radius 3 is 2.47 bits per heavy atom. The van der Waals surface area contributed by atoms with Gasteiger partial charge in [0.05, 0.1) is 18.4 Å². The van der Waals surface area contributed by atoms with Crippen molar-refractivity contribution in [1.29, 1.82) is 5.26 Å². The van der Waals surface area contributed by atoms with Crippen LogP contribution in [0.3, 0.4) is 0 Å². The van der Waals surface area contributed by atoms with Gasteiger partial charge in [-0.05, 0) is 11.6 Å². The van der Waals surface area contributed by atoms with E-state index in [-0.39, 0.29) is 0 Å². The zero-order chi connectivity index (χ0) is 12.3. The van der Waals surface area contributed by atoms with Gasteiger partial charge >= 0.3 is 0 Å². The number of ether oxygens (including phenoxy) is 1. The van der Waals surface area contributed by atoms with Crippen molar-refractivity contribution >= 4 is 5.69 Å². The van der Waals surface area contributed by atoms with Crippen molar-refractivity contribution in [1.82, 2.24) is 0 Å². The summed E-state index contributed by atoms with van der Waals surface area (Å²) < 4.78 is 5.17. The van der Waals surface area contributed by atoms with Crippen molar-refractivity contribution in [3.05, 3.63) is 48.0 Å². The molecule has 2 rings (SSSR count). The molecule has 0 amide bonds. The summed E-state index contributed by atoms with van der Waals surface area (Å²) in [6.07, 6.45) is 0. The maximum Gasteiger partial charge on any atom is 0.121 e. The summed E-state index contributed by atoms with van der Waals surface area (Å²) in [6, 6.07) is 15.3. The van der Waals surface area contributed by atoms with Crippen molar-refractivity contribution in [2.24, 2.45) is 0 Å². The van der Waals surface area contributed by atoms with Crippen LogP contribution in [0, 0.1) is 11.3 Å². The fourth-order valence-electron chi connectivity index (χ4n) is 1.73. The Morgan fingerprint density at radius 2 is 1.88 bits per heavy atom. The minimum atomic E-state index is 0.436. The van der Waals surface area contributed by atoms with Crippen LogP contribution >= 0.6 is 0 Å². The van der Waals surface area contributed by atoms with Gasteiger partial charge in [0.2, 0.25) is 0 Å². The van der Waals surface area contributed by atoms with E-state index < -0.39 is 0 Å². The predicted molar refractivity (Wildman–Crippen MR) is 67.6 cm³/mol. The number of rotatable bonds is 2. The summed E-state index contributed by atoms with van der Waals surface area (Å²) >= 11 is 0. The number of methoxy groups -OCH3 is 1. The Balaban J connectivity index is 2.68. The summed E-state index contributed by atoms with van der Waals surface area (Å²) in [7, 11) is 1.58. The molecule has 0 aliphatic heterocycles. The lowest BCUT2D eigenvalue weighted by molar-refractivity contribution is 0.415. The average Bonchev–Trinajstić information content (AvgIpc) is 2.38. The second-order valence-electron chi connectivity index (χ2n) is 3.62. The first-order valence-electron chi connectivity index (χ1n) is 5.19. The SMILES string of the molecule is COc1cc(N)c(C#N)c(-c2ccccc2)c1. The van der Waals surface area contributed by atoms with E-state index in [1.807, 2.05) is 36.4 Å². The zero-order valence-electron chi connectivity index (χ0n) is 9.47. The highest BCUT2D eigenvalue weighted by atomic mass is 16.5. The lowest BCUT2D eigenvalue weighted by atomic mass is 9.98. The zero-order valence-corrected chi connectivity index (χ0v) is 9.47. The molecule has 0 atom stereocenters. The van der Waals surface area contributed by atoms with Gasteiger partial charge in [-0.1, -0.05) is 30.3 Å². The van der Waals surface area contributed by atoms with Gasteiger partial charge in [-0.3, -0.25) is 0 Å². The Kier molecular flexibility index (Phi) is 2.97. The maximum atomic E-state index is 9.15. The highest BCUT2D eigenvalue weighted by Gasteiger charge is 2.10. The third kappa shape index (κ3) is 2.06. The number of nitrogen functional groups attached to an aromatic ring is 1. The molecule has 3 heteroatoms. The standard InChI is InChI=1S/C14H12N2O/c1-17-11-7-12(10-5-3-2-4-6-10)13(9-15)14(16)8-11/h2-8H,16H2,1H3. The molecule has 0 spiro atoms. The van der Waals surface area contributed by atoms with E-state index in [0.29, 0.717) is 17.0 Å². The van der Waals surface area contributed by atoms with Crippen LogP contribution in [0.1, 0.15) is 5.56 Å². The molecule has 0 aliphatic rings. The Hall–Kier alpha value is -2.47. The smallest absolute Gasteiger partial charge is 0.121 e. The first-order chi connectivity index (χ1) is 8.26. The largest absolute Gasteiger partial charge is 0.497 e. The molecule has 3 nitrogen and oxygen atoms in total. The number of anilines is 1. The Morgan fingerprint density at radius 1 is 1.18 bits per heavy atom. The summed E-state index contributed by atoms with van der Waals surface area (Å²) in [5, 5.41) is 9.15.